The average Bonchev–Trinajstić information content (AvgIpc) is 3.43. The minimum atomic E-state index is -1.25. The van der Waals surface area contributed by atoms with Crippen molar-refractivity contribution in [2.24, 2.45) is 12.2 Å². The molecule has 1 saturated heterocycles. The maximum atomic E-state index is 13.1. The maximum absolute atomic E-state index is 13.1. The normalized spacial score (nSPS) is 18.1. The van der Waals surface area contributed by atoms with Crippen molar-refractivity contribution in [2.75, 3.05) is 18.1 Å². The Morgan fingerprint density at radius 3 is 2.70 bits per heavy atom. The van der Waals surface area contributed by atoms with Gasteiger partial charge in [0.15, 0.2) is 29.2 Å². The number of thioether (sulfide) groups is 2. The van der Waals surface area contributed by atoms with Gasteiger partial charge in [-0.15, -0.1) is 11.8 Å². The van der Waals surface area contributed by atoms with Crippen LogP contribution in [0.25, 0.3) is 0 Å². The van der Waals surface area contributed by atoms with Gasteiger partial charge in [-0.25, -0.2) is 9.36 Å². The zero-order chi connectivity index (χ0) is 31.5. The summed E-state index contributed by atoms with van der Waals surface area (Å²) < 4.78 is 7.14. The van der Waals surface area contributed by atoms with Gasteiger partial charge in [-0.1, -0.05) is 16.9 Å². The number of H-pyrrole nitrogens is 1. The molecule has 0 bridgehead atoms. The van der Waals surface area contributed by atoms with Gasteiger partial charge in [-0.05, 0) is 12.5 Å². The molecule has 3 aromatic rings. The van der Waals surface area contributed by atoms with E-state index < -0.39 is 40.3 Å². The second kappa shape index (κ2) is 13.0. The molecule has 0 radical (unpaired) electrons. The summed E-state index contributed by atoms with van der Waals surface area (Å²) in [6.07, 6.45) is 3.55. The quantitative estimate of drug-likeness (QED) is 0.0466. The molecule has 0 aliphatic carbocycles. The lowest BCUT2D eigenvalue weighted by Gasteiger charge is -2.49. The number of nitrogens with one attached hydrogen (secondary N) is 2. The molecule has 17 nitrogen and oxygen atoms in total. The lowest BCUT2D eigenvalue weighted by Crippen LogP contribution is -2.71. The number of carboxylic acids is 1. The number of carbonyl (C=O) groups is 3. The Morgan fingerprint density at radius 2 is 2.05 bits per heavy atom. The summed E-state index contributed by atoms with van der Waals surface area (Å²) in [5.74, 6) is -1.86. The van der Waals surface area contributed by atoms with Crippen molar-refractivity contribution in [2.45, 2.75) is 35.8 Å². The molecule has 2 atom stereocenters. The summed E-state index contributed by atoms with van der Waals surface area (Å²) in [5.41, 5.74) is 5.02. The number of oxime groups is 1. The van der Waals surface area contributed by atoms with Crippen LogP contribution in [0.15, 0.2) is 55.7 Å². The van der Waals surface area contributed by atoms with Crippen LogP contribution in [0.5, 0.6) is 0 Å². The number of rotatable bonds is 11. The molecule has 44 heavy (non-hydrogen) atoms. The lowest BCUT2D eigenvalue weighted by molar-refractivity contribution is -0.689. The Kier molecular flexibility index (Phi) is 9.11. The monoisotopic (exact) mass is 661 g/mol. The standard InChI is InChI=1S/C24H24N10O7S3/c1-3-41-30-13(16-27-23(25)44-31-16)17(35)26-14-20(38)34-15(22(39)40)12(10-42-21(14)34)8-33-6-4-11(5-7-33)9-43-24-28-18(36)19(37)29-32(24)2/h4-7,14,21H,3,8-10H2,1-2H3,(H4-,25,26,27,29,31,35,37,39,40)/p+1/t14?,21-/m0/s1. The topological polar surface area (TPSA) is 232 Å². The number of aliphatic carboxylic acids is 1. The first-order valence-corrected chi connectivity index (χ1v) is 15.7. The van der Waals surface area contributed by atoms with Gasteiger partial charge >= 0.3 is 17.1 Å². The fourth-order valence-corrected chi connectivity index (χ4v) is 6.95. The fourth-order valence-electron chi connectivity index (χ4n) is 4.31. The highest BCUT2D eigenvalue weighted by atomic mass is 32.2. The molecular formula is C24H25N10O7S3+. The molecule has 0 saturated carbocycles. The number of anilines is 1. The third-order valence-electron chi connectivity index (χ3n) is 6.34. The van der Waals surface area contributed by atoms with Gasteiger partial charge in [-0.3, -0.25) is 33.9 Å². The van der Waals surface area contributed by atoms with E-state index in [0.717, 1.165) is 17.1 Å². The number of aryl methyl sites for hydroxylation is 1. The molecule has 5 heterocycles. The molecule has 2 amide bonds. The number of fused-ring (bicyclic) bond motifs is 1. The molecule has 5 N–H and O–H groups in total. The van der Waals surface area contributed by atoms with Gasteiger partial charge in [-0.2, -0.15) is 14.3 Å². The Balaban J connectivity index is 1.26. The molecule has 1 fully saturated rings. The molecule has 2 aliphatic rings. The Hall–Kier alpha value is -4.56. The predicted molar refractivity (Wildman–Crippen MR) is 158 cm³/mol. The first-order valence-electron chi connectivity index (χ1n) is 12.9. The smallest absolute Gasteiger partial charge is 0.352 e. The summed E-state index contributed by atoms with van der Waals surface area (Å²) in [6.45, 7) is 2.07. The molecule has 1 unspecified atom stereocenters. The number of nitrogens with two attached hydrogens (primary N) is 1. The number of nitrogens with zero attached hydrogens (tertiary/aromatic N) is 7. The van der Waals surface area contributed by atoms with Crippen LogP contribution in [-0.2, 0) is 38.6 Å². The van der Waals surface area contributed by atoms with Gasteiger partial charge in [0, 0.05) is 47.8 Å². The number of pyridine rings is 1. The van der Waals surface area contributed by atoms with Crippen molar-refractivity contribution in [3.63, 3.8) is 0 Å². The summed E-state index contributed by atoms with van der Waals surface area (Å²) in [7, 11) is 1.58. The highest BCUT2D eigenvalue weighted by Crippen LogP contribution is 2.40. The predicted octanol–water partition coefficient (Wildman–Crippen LogP) is -1.34. The molecule has 20 heteroatoms. The first kappa shape index (κ1) is 30.9. The minimum Gasteiger partial charge on any atom is -0.477 e. The van der Waals surface area contributed by atoms with Crippen molar-refractivity contribution >= 4 is 63.7 Å². The molecule has 2 aliphatic heterocycles. The third-order valence-corrected chi connectivity index (χ3v) is 9.32. The zero-order valence-electron chi connectivity index (χ0n) is 23.1. The minimum absolute atomic E-state index is 0.0490. The molecule has 230 valence electrons. The van der Waals surface area contributed by atoms with E-state index in [4.69, 9.17) is 10.6 Å². The molecule has 3 aromatic heterocycles. The highest BCUT2D eigenvalue weighted by molar-refractivity contribution is 8.00. The van der Waals surface area contributed by atoms with Crippen molar-refractivity contribution in [3.8, 4) is 0 Å². The van der Waals surface area contributed by atoms with Crippen LogP contribution in [0.3, 0.4) is 0 Å². The van der Waals surface area contributed by atoms with Crippen LogP contribution in [0, 0.1) is 0 Å². The number of hydrogen-bond acceptors (Lipinski definition) is 14. The van der Waals surface area contributed by atoms with Crippen molar-refractivity contribution in [1.82, 2.24) is 34.3 Å². The Morgan fingerprint density at radius 1 is 1.30 bits per heavy atom. The fraction of sp³-hybridized carbons (Fsp3) is 0.333. The van der Waals surface area contributed by atoms with E-state index in [0.29, 0.717) is 22.2 Å². The zero-order valence-corrected chi connectivity index (χ0v) is 25.6. The van der Waals surface area contributed by atoms with Crippen molar-refractivity contribution in [3.05, 3.63) is 67.9 Å². The van der Waals surface area contributed by atoms with E-state index in [1.54, 1.807) is 30.9 Å². The van der Waals surface area contributed by atoms with Crippen LogP contribution in [0.4, 0.5) is 5.13 Å². The number of hydrogen-bond donors (Lipinski definition) is 4. The summed E-state index contributed by atoms with van der Waals surface area (Å²) in [4.78, 5) is 75.4. The van der Waals surface area contributed by atoms with Crippen molar-refractivity contribution < 1.29 is 28.9 Å². The van der Waals surface area contributed by atoms with E-state index in [1.807, 2.05) is 12.1 Å². The number of aromatic nitrogens is 6. The Labute approximate surface area is 260 Å². The summed E-state index contributed by atoms with van der Waals surface area (Å²) >= 11 is 3.47. The number of nitrogen functional groups attached to an aromatic ring is 1. The van der Waals surface area contributed by atoms with Crippen LogP contribution in [-0.4, -0.2) is 81.4 Å². The molecule has 0 spiro atoms. The van der Waals surface area contributed by atoms with E-state index in [2.05, 4.69) is 29.9 Å². The van der Waals surface area contributed by atoms with Gasteiger partial charge in [0.1, 0.15) is 23.7 Å². The van der Waals surface area contributed by atoms with Crippen LogP contribution in [0.1, 0.15) is 18.3 Å². The van der Waals surface area contributed by atoms with Gasteiger partial charge in [0.25, 0.3) is 11.8 Å². The second-order valence-corrected chi connectivity index (χ2v) is 12.1. The van der Waals surface area contributed by atoms with Crippen LogP contribution in [0.2, 0.25) is 0 Å². The lowest BCUT2D eigenvalue weighted by atomic mass is 10.0. The number of carboxylic acid groups (broad SMARTS) is 1. The van der Waals surface area contributed by atoms with E-state index >= 15 is 0 Å². The number of amides is 2. The van der Waals surface area contributed by atoms with Crippen molar-refractivity contribution in [1.29, 1.82) is 0 Å². The first-order chi connectivity index (χ1) is 21.1. The van der Waals surface area contributed by atoms with Crippen LogP contribution >= 0.6 is 35.1 Å². The summed E-state index contributed by atoms with van der Waals surface area (Å²) in [5, 5.41) is 18.7. The number of carbonyl (C=O) groups excluding carboxylic acids is 2. The van der Waals surface area contributed by atoms with Gasteiger partial charge in [0.05, 0.1) is 0 Å². The van der Waals surface area contributed by atoms with Crippen LogP contribution < -0.4 is 26.7 Å². The largest absolute Gasteiger partial charge is 0.477 e. The van der Waals surface area contributed by atoms with E-state index in [1.165, 1.54) is 33.1 Å². The SMILES string of the molecule is CCON=C(C(=O)NC1C(=O)N2C(C(=O)O)=C(C[n+]3ccc(CSc4nc(=O)c(=O)[nH]n4C)cc3)CS[C@@H]12)c1nsc(N)n1. The molecule has 5 rings (SSSR count). The Bertz CT molecular complexity index is 1800. The number of β-lactam (4-membered cyclic amide) rings is 1. The average molecular weight is 662 g/mol. The molecule has 0 aromatic carbocycles. The summed E-state index contributed by atoms with van der Waals surface area (Å²) in [6, 6.07) is 2.68. The number of aromatic amines is 1. The highest BCUT2D eigenvalue weighted by Gasteiger charge is 2.55. The van der Waals surface area contributed by atoms with Gasteiger partial charge < -0.3 is 21.0 Å². The van der Waals surface area contributed by atoms with E-state index in [-0.39, 0.29) is 35.5 Å². The van der Waals surface area contributed by atoms with E-state index in [9.17, 15) is 29.1 Å². The maximum Gasteiger partial charge on any atom is 0.352 e. The third kappa shape index (κ3) is 6.36. The second-order valence-electron chi connectivity index (χ2n) is 9.30. The molecular weight excluding hydrogens is 637 g/mol. The van der Waals surface area contributed by atoms with Gasteiger partial charge in [0.2, 0.25) is 11.5 Å².